The summed E-state index contributed by atoms with van der Waals surface area (Å²) in [6.07, 6.45) is 11.3. The number of rotatable bonds is 5. The monoisotopic (exact) mass is 265 g/mol. The van der Waals surface area contributed by atoms with Crippen LogP contribution in [0.3, 0.4) is 0 Å². The molecule has 1 aliphatic carbocycles. The fourth-order valence-corrected chi connectivity index (χ4v) is 4.32. The summed E-state index contributed by atoms with van der Waals surface area (Å²) in [7, 11) is 2.34. The van der Waals surface area contributed by atoms with Crippen LogP contribution in [0.25, 0.3) is 0 Å². The Morgan fingerprint density at radius 3 is 2.63 bits per heavy atom. The van der Waals surface area contributed by atoms with Gasteiger partial charge in [-0.3, -0.25) is 4.90 Å². The van der Waals surface area contributed by atoms with E-state index < -0.39 is 0 Å². The van der Waals surface area contributed by atoms with Crippen molar-refractivity contribution in [1.82, 2.24) is 15.1 Å². The molecule has 2 bridgehead atoms. The van der Waals surface area contributed by atoms with E-state index in [2.05, 4.69) is 22.2 Å². The number of hydrogen-bond donors (Lipinski definition) is 1. The number of nitrogens with one attached hydrogen (secondary N) is 1. The first-order valence-corrected chi connectivity index (χ1v) is 8.50. The lowest BCUT2D eigenvalue weighted by Crippen LogP contribution is -2.38. The van der Waals surface area contributed by atoms with Gasteiger partial charge in [0.05, 0.1) is 0 Å². The molecule has 1 saturated carbocycles. The molecule has 2 heterocycles. The van der Waals surface area contributed by atoms with Crippen LogP contribution in [0.2, 0.25) is 0 Å². The quantitative estimate of drug-likeness (QED) is 0.768. The van der Waals surface area contributed by atoms with Gasteiger partial charge in [-0.2, -0.15) is 0 Å². The molecule has 2 unspecified atom stereocenters. The van der Waals surface area contributed by atoms with E-state index in [1.54, 1.807) is 0 Å². The Bertz CT molecular complexity index is 275. The zero-order valence-electron chi connectivity index (χ0n) is 12.6. The van der Waals surface area contributed by atoms with Crippen molar-refractivity contribution >= 4 is 0 Å². The minimum Gasteiger partial charge on any atom is -0.314 e. The van der Waals surface area contributed by atoms with Crippen LogP contribution < -0.4 is 5.32 Å². The molecule has 0 aromatic rings. The first-order chi connectivity index (χ1) is 9.33. The standard InChI is InChI=1S/C16H31N3/c1-18-15-7-8-16(18)13-19(12-9-15)11-4-10-17-14-5-2-3-6-14/h14-17H,2-13H2,1H3. The molecule has 3 rings (SSSR count). The van der Waals surface area contributed by atoms with Gasteiger partial charge in [0.2, 0.25) is 0 Å². The van der Waals surface area contributed by atoms with Crippen LogP contribution in [0.5, 0.6) is 0 Å². The fraction of sp³-hybridized carbons (Fsp3) is 1.00. The molecule has 110 valence electrons. The van der Waals surface area contributed by atoms with Gasteiger partial charge in [-0.05, 0) is 65.2 Å². The Morgan fingerprint density at radius 1 is 1.00 bits per heavy atom. The van der Waals surface area contributed by atoms with Gasteiger partial charge in [0.25, 0.3) is 0 Å². The van der Waals surface area contributed by atoms with E-state index in [9.17, 15) is 0 Å². The highest BCUT2D eigenvalue weighted by molar-refractivity contribution is 4.91. The highest BCUT2D eigenvalue weighted by Crippen LogP contribution is 2.28. The van der Waals surface area contributed by atoms with Crippen LogP contribution in [0.15, 0.2) is 0 Å². The van der Waals surface area contributed by atoms with Gasteiger partial charge in [-0.15, -0.1) is 0 Å². The van der Waals surface area contributed by atoms with E-state index in [-0.39, 0.29) is 0 Å². The second kappa shape index (κ2) is 6.55. The molecular formula is C16H31N3. The lowest BCUT2D eigenvalue weighted by molar-refractivity contribution is 0.217. The third kappa shape index (κ3) is 3.50. The topological polar surface area (TPSA) is 18.5 Å². The average Bonchev–Trinajstić information content (AvgIpc) is 2.97. The predicted molar refractivity (Wildman–Crippen MR) is 80.5 cm³/mol. The maximum absolute atomic E-state index is 3.74. The Kier molecular flexibility index (Phi) is 4.78. The van der Waals surface area contributed by atoms with Crippen molar-refractivity contribution in [3.63, 3.8) is 0 Å². The van der Waals surface area contributed by atoms with E-state index >= 15 is 0 Å². The number of fused-ring (bicyclic) bond motifs is 2. The average molecular weight is 265 g/mol. The molecule has 0 radical (unpaired) electrons. The van der Waals surface area contributed by atoms with Crippen molar-refractivity contribution in [2.45, 2.75) is 69.5 Å². The Morgan fingerprint density at radius 2 is 1.79 bits per heavy atom. The van der Waals surface area contributed by atoms with Gasteiger partial charge in [0.1, 0.15) is 0 Å². The molecule has 3 aliphatic rings. The summed E-state index contributed by atoms with van der Waals surface area (Å²) in [5.41, 5.74) is 0. The van der Waals surface area contributed by atoms with Crippen molar-refractivity contribution in [1.29, 1.82) is 0 Å². The van der Waals surface area contributed by atoms with Crippen molar-refractivity contribution in [3.8, 4) is 0 Å². The van der Waals surface area contributed by atoms with E-state index in [4.69, 9.17) is 0 Å². The molecule has 3 heteroatoms. The summed E-state index contributed by atoms with van der Waals surface area (Å²) in [4.78, 5) is 5.37. The van der Waals surface area contributed by atoms with Gasteiger partial charge in [-0.25, -0.2) is 0 Å². The summed E-state index contributed by atoms with van der Waals surface area (Å²) >= 11 is 0. The SMILES string of the molecule is CN1C2CCC1CN(CCCNC1CCCC1)CC2. The highest BCUT2D eigenvalue weighted by Gasteiger charge is 2.34. The smallest absolute Gasteiger partial charge is 0.0223 e. The van der Waals surface area contributed by atoms with Gasteiger partial charge in [0, 0.05) is 24.7 Å². The molecule has 19 heavy (non-hydrogen) atoms. The van der Waals surface area contributed by atoms with Crippen LogP contribution in [0, 0.1) is 0 Å². The summed E-state index contributed by atoms with van der Waals surface area (Å²) in [5.74, 6) is 0. The molecule has 0 aromatic heterocycles. The molecular weight excluding hydrogens is 234 g/mol. The van der Waals surface area contributed by atoms with E-state index in [1.807, 2.05) is 0 Å². The zero-order chi connectivity index (χ0) is 13.1. The van der Waals surface area contributed by atoms with Crippen LogP contribution in [-0.4, -0.2) is 61.2 Å². The molecule has 2 atom stereocenters. The number of likely N-dealkylation sites (tertiary alicyclic amines) is 1. The summed E-state index contributed by atoms with van der Waals surface area (Å²) in [6, 6.07) is 2.56. The molecule has 0 amide bonds. The van der Waals surface area contributed by atoms with Gasteiger partial charge >= 0.3 is 0 Å². The zero-order valence-corrected chi connectivity index (χ0v) is 12.6. The molecule has 3 fully saturated rings. The molecule has 2 saturated heterocycles. The van der Waals surface area contributed by atoms with Crippen LogP contribution >= 0.6 is 0 Å². The van der Waals surface area contributed by atoms with Crippen molar-refractivity contribution in [2.24, 2.45) is 0 Å². The van der Waals surface area contributed by atoms with Crippen LogP contribution in [0.4, 0.5) is 0 Å². The molecule has 0 aromatic carbocycles. The Hall–Kier alpha value is -0.120. The molecule has 0 spiro atoms. The number of hydrogen-bond acceptors (Lipinski definition) is 3. The maximum atomic E-state index is 3.74. The minimum absolute atomic E-state index is 0.839. The third-order valence-corrected chi connectivity index (χ3v) is 5.67. The Balaban J connectivity index is 1.34. The minimum atomic E-state index is 0.839. The summed E-state index contributed by atoms with van der Waals surface area (Å²) < 4.78 is 0. The molecule has 2 aliphatic heterocycles. The van der Waals surface area contributed by atoms with Crippen molar-refractivity contribution in [3.05, 3.63) is 0 Å². The lowest BCUT2D eigenvalue weighted by Gasteiger charge is -2.25. The summed E-state index contributed by atoms with van der Waals surface area (Å²) in [5, 5.41) is 3.74. The van der Waals surface area contributed by atoms with Crippen molar-refractivity contribution < 1.29 is 0 Å². The Labute approximate surface area is 118 Å². The van der Waals surface area contributed by atoms with Gasteiger partial charge in [-0.1, -0.05) is 12.8 Å². The van der Waals surface area contributed by atoms with Crippen LogP contribution in [-0.2, 0) is 0 Å². The third-order valence-electron chi connectivity index (χ3n) is 5.67. The second-order valence-corrected chi connectivity index (χ2v) is 6.93. The predicted octanol–water partition coefficient (Wildman–Crippen LogP) is 2.08. The first kappa shape index (κ1) is 13.8. The van der Waals surface area contributed by atoms with Gasteiger partial charge < -0.3 is 10.2 Å². The summed E-state index contributed by atoms with van der Waals surface area (Å²) in [6.45, 7) is 5.17. The van der Waals surface area contributed by atoms with E-state index in [0.717, 1.165) is 18.1 Å². The van der Waals surface area contributed by atoms with Gasteiger partial charge in [0.15, 0.2) is 0 Å². The lowest BCUT2D eigenvalue weighted by atomic mass is 10.1. The fourth-order valence-electron chi connectivity index (χ4n) is 4.32. The van der Waals surface area contributed by atoms with Crippen molar-refractivity contribution in [2.75, 3.05) is 33.2 Å². The molecule has 1 N–H and O–H groups in total. The van der Waals surface area contributed by atoms with E-state index in [0.29, 0.717) is 0 Å². The number of likely N-dealkylation sites (N-methyl/N-ethyl adjacent to an activating group) is 1. The maximum Gasteiger partial charge on any atom is 0.0223 e. The number of nitrogens with zero attached hydrogens (tertiary/aromatic N) is 2. The molecule has 3 nitrogen and oxygen atoms in total. The first-order valence-electron chi connectivity index (χ1n) is 8.50. The highest BCUT2D eigenvalue weighted by atomic mass is 15.3. The van der Waals surface area contributed by atoms with E-state index in [1.165, 1.54) is 77.5 Å². The largest absolute Gasteiger partial charge is 0.314 e. The van der Waals surface area contributed by atoms with Crippen LogP contribution in [0.1, 0.15) is 51.4 Å². The second-order valence-electron chi connectivity index (χ2n) is 6.93. The normalized spacial score (nSPS) is 33.9.